The predicted molar refractivity (Wildman–Crippen MR) is 78.1 cm³/mol. The third kappa shape index (κ3) is 2.16. The highest BCUT2D eigenvalue weighted by Gasteiger charge is 2.21. The fourth-order valence-electron chi connectivity index (χ4n) is 2.09. The zero-order valence-corrected chi connectivity index (χ0v) is 12.9. The van der Waals surface area contributed by atoms with Gasteiger partial charge in [-0.15, -0.1) is 10.2 Å². The highest BCUT2D eigenvalue weighted by molar-refractivity contribution is 9.10. The van der Waals surface area contributed by atoms with Gasteiger partial charge in [-0.05, 0) is 37.5 Å². The Balaban J connectivity index is 2.87. The predicted octanol–water partition coefficient (Wildman–Crippen LogP) is 2.82. The molecule has 0 spiro atoms. The van der Waals surface area contributed by atoms with Gasteiger partial charge in [-0.2, -0.15) is 0 Å². The van der Waals surface area contributed by atoms with Gasteiger partial charge in [-0.3, -0.25) is 0 Å². The van der Waals surface area contributed by atoms with Gasteiger partial charge in [-0.1, -0.05) is 15.9 Å². The van der Waals surface area contributed by atoms with Crippen molar-refractivity contribution in [1.82, 2.24) is 15.2 Å². The molecular weight excluding hydrogens is 308 g/mol. The molecule has 5 nitrogen and oxygen atoms in total. The molecule has 0 atom stereocenters. The number of halogens is 1. The standard InChI is InChI=1S/C13H15BrN4O/c1-6-7(2)12(19-4)9(8(3)10(6)14)11-13(15)16-5-17-18-11/h5H,1-4H3,(H2,15,16,17). The number of benzene rings is 1. The molecule has 0 saturated carbocycles. The van der Waals surface area contributed by atoms with Gasteiger partial charge in [0.1, 0.15) is 17.8 Å². The quantitative estimate of drug-likeness (QED) is 0.920. The van der Waals surface area contributed by atoms with E-state index in [0.29, 0.717) is 11.5 Å². The van der Waals surface area contributed by atoms with E-state index in [4.69, 9.17) is 10.5 Å². The van der Waals surface area contributed by atoms with Crippen molar-refractivity contribution in [2.75, 3.05) is 12.8 Å². The highest BCUT2D eigenvalue weighted by Crippen LogP contribution is 2.42. The molecule has 2 aromatic rings. The topological polar surface area (TPSA) is 73.9 Å². The smallest absolute Gasteiger partial charge is 0.153 e. The summed E-state index contributed by atoms with van der Waals surface area (Å²) < 4.78 is 6.55. The average molecular weight is 323 g/mol. The van der Waals surface area contributed by atoms with Crippen LogP contribution in [0.5, 0.6) is 5.75 Å². The van der Waals surface area contributed by atoms with Gasteiger partial charge >= 0.3 is 0 Å². The second kappa shape index (κ2) is 5.13. The largest absolute Gasteiger partial charge is 0.496 e. The van der Waals surface area contributed by atoms with Crippen molar-refractivity contribution in [3.63, 3.8) is 0 Å². The first-order valence-corrected chi connectivity index (χ1v) is 6.55. The van der Waals surface area contributed by atoms with Crippen molar-refractivity contribution < 1.29 is 4.74 Å². The number of aromatic nitrogens is 3. The minimum Gasteiger partial charge on any atom is -0.496 e. The monoisotopic (exact) mass is 322 g/mol. The number of ether oxygens (including phenoxy) is 1. The first-order valence-electron chi connectivity index (χ1n) is 5.75. The van der Waals surface area contributed by atoms with Gasteiger partial charge in [0.2, 0.25) is 0 Å². The lowest BCUT2D eigenvalue weighted by molar-refractivity contribution is 0.412. The van der Waals surface area contributed by atoms with Gasteiger partial charge in [0.15, 0.2) is 5.82 Å². The maximum absolute atomic E-state index is 5.90. The van der Waals surface area contributed by atoms with Gasteiger partial charge < -0.3 is 10.5 Å². The fourth-order valence-corrected chi connectivity index (χ4v) is 2.58. The Labute approximate surface area is 120 Å². The molecule has 1 heterocycles. The lowest BCUT2D eigenvalue weighted by Gasteiger charge is -2.18. The van der Waals surface area contributed by atoms with E-state index >= 15 is 0 Å². The van der Waals surface area contributed by atoms with E-state index in [-0.39, 0.29) is 0 Å². The summed E-state index contributed by atoms with van der Waals surface area (Å²) in [6, 6.07) is 0. The van der Waals surface area contributed by atoms with Crippen LogP contribution in [-0.4, -0.2) is 22.3 Å². The normalized spacial score (nSPS) is 10.6. The van der Waals surface area contributed by atoms with E-state index < -0.39 is 0 Å². The number of hydrogen-bond donors (Lipinski definition) is 1. The second-order valence-corrected chi connectivity index (χ2v) is 5.08. The first kappa shape index (κ1) is 13.7. The molecule has 19 heavy (non-hydrogen) atoms. The van der Waals surface area contributed by atoms with Gasteiger partial charge in [-0.25, -0.2) is 4.98 Å². The van der Waals surface area contributed by atoms with E-state index in [0.717, 1.165) is 32.5 Å². The number of hydrogen-bond acceptors (Lipinski definition) is 5. The van der Waals surface area contributed by atoms with Gasteiger partial charge in [0.25, 0.3) is 0 Å². The van der Waals surface area contributed by atoms with Crippen LogP contribution in [0.3, 0.4) is 0 Å². The Bertz CT molecular complexity index is 643. The van der Waals surface area contributed by atoms with Crippen LogP contribution < -0.4 is 10.5 Å². The number of nitrogen functional groups attached to an aromatic ring is 1. The molecule has 1 aromatic carbocycles. The van der Waals surface area contributed by atoms with Crippen LogP contribution in [0, 0.1) is 20.8 Å². The van der Waals surface area contributed by atoms with Gasteiger partial charge in [0, 0.05) is 4.47 Å². The van der Waals surface area contributed by atoms with E-state index in [1.807, 2.05) is 20.8 Å². The Morgan fingerprint density at radius 1 is 1.16 bits per heavy atom. The summed E-state index contributed by atoms with van der Waals surface area (Å²) in [5, 5.41) is 7.90. The molecule has 1 aromatic heterocycles. The lowest BCUT2D eigenvalue weighted by atomic mass is 9.96. The fraction of sp³-hybridized carbons (Fsp3) is 0.308. The minimum absolute atomic E-state index is 0.339. The molecule has 0 aliphatic heterocycles. The number of nitrogens with zero attached hydrogens (tertiary/aromatic N) is 3. The molecule has 2 rings (SSSR count). The van der Waals surface area contributed by atoms with Crippen molar-refractivity contribution in [3.05, 3.63) is 27.5 Å². The Kier molecular flexibility index (Phi) is 3.71. The van der Waals surface area contributed by atoms with Crippen LogP contribution >= 0.6 is 15.9 Å². The molecule has 6 heteroatoms. The summed E-state index contributed by atoms with van der Waals surface area (Å²) in [6.07, 6.45) is 1.33. The number of methoxy groups -OCH3 is 1. The molecule has 0 aliphatic carbocycles. The summed E-state index contributed by atoms with van der Waals surface area (Å²) >= 11 is 3.60. The second-order valence-electron chi connectivity index (χ2n) is 4.29. The molecule has 0 unspecified atom stereocenters. The van der Waals surface area contributed by atoms with Crippen LogP contribution in [0.2, 0.25) is 0 Å². The molecule has 100 valence electrons. The average Bonchev–Trinajstić information content (AvgIpc) is 2.41. The van der Waals surface area contributed by atoms with Crippen LogP contribution in [0.15, 0.2) is 10.8 Å². The number of anilines is 1. The number of nitrogens with two attached hydrogens (primary N) is 1. The lowest BCUT2D eigenvalue weighted by Crippen LogP contribution is -2.04. The molecular formula is C13H15BrN4O. The van der Waals surface area contributed by atoms with Crippen molar-refractivity contribution >= 4 is 21.7 Å². The summed E-state index contributed by atoms with van der Waals surface area (Å²) in [4.78, 5) is 3.99. The SMILES string of the molecule is COc1c(C)c(C)c(Br)c(C)c1-c1nncnc1N. The third-order valence-corrected chi connectivity index (χ3v) is 4.44. The highest BCUT2D eigenvalue weighted by atomic mass is 79.9. The Hall–Kier alpha value is -1.69. The molecule has 0 radical (unpaired) electrons. The summed E-state index contributed by atoms with van der Waals surface area (Å²) in [6.45, 7) is 6.03. The number of rotatable bonds is 2. The van der Waals surface area contributed by atoms with Crippen LogP contribution in [-0.2, 0) is 0 Å². The zero-order chi connectivity index (χ0) is 14.2. The molecule has 2 N–H and O–H groups in total. The van der Waals surface area contributed by atoms with Crippen molar-refractivity contribution in [2.24, 2.45) is 0 Å². The molecule has 0 aliphatic rings. The van der Waals surface area contributed by atoms with Crippen LogP contribution in [0.1, 0.15) is 16.7 Å². The van der Waals surface area contributed by atoms with Crippen molar-refractivity contribution in [1.29, 1.82) is 0 Å². The van der Waals surface area contributed by atoms with E-state index in [1.165, 1.54) is 6.33 Å². The molecule has 0 fully saturated rings. The zero-order valence-electron chi connectivity index (χ0n) is 11.3. The third-order valence-electron chi connectivity index (χ3n) is 3.25. The van der Waals surface area contributed by atoms with Crippen LogP contribution in [0.4, 0.5) is 5.82 Å². The van der Waals surface area contributed by atoms with E-state index in [2.05, 4.69) is 31.1 Å². The van der Waals surface area contributed by atoms with E-state index in [1.54, 1.807) is 7.11 Å². The minimum atomic E-state index is 0.339. The first-order chi connectivity index (χ1) is 8.99. The summed E-state index contributed by atoms with van der Waals surface area (Å²) in [5.74, 6) is 1.10. The maximum atomic E-state index is 5.90. The maximum Gasteiger partial charge on any atom is 0.153 e. The summed E-state index contributed by atoms with van der Waals surface area (Å²) in [5.41, 5.74) is 10.5. The van der Waals surface area contributed by atoms with Crippen LogP contribution in [0.25, 0.3) is 11.3 Å². The Morgan fingerprint density at radius 2 is 1.84 bits per heavy atom. The molecule has 0 saturated heterocycles. The van der Waals surface area contributed by atoms with Crippen molar-refractivity contribution in [3.8, 4) is 17.0 Å². The van der Waals surface area contributed by atoms with E-state index in [9.17, 15) is 0 Å². The summed E-state index contributed by atoms with van der Waals surface area (Å²) in [7, 11) is 1.64. The van der Waals surface area contributed by atoms with Crippen molar-refractivity contribution in [2.45, 2.75) is 20.8 Å². The Morgan fingerprint density at radius 3 is 2.42 bits per heavy atom. The molecule has 0 amide bonds. The molecule has 0 bridgehead atoms. The van der Waals surface area contributed by atoms with Gasteiger partial charge in [0.05, 0.1) is 12.7 Å².